The van der Waals surface area contributed by atoms with Crippen LogP contribution in [0.1, 0.15) is 38.2 Å². The van der Waals surface area contributed by atoms with E-state index in [-0.39, 0.29) is 5.92 Å². The maximum absolute atomic E-state index is 11.2. The smallest absolute Gasteiger partial charge is 0.168 e. The Morgan fingerprint density at radius 1 is 1.38 bits per heavy atom. The molecule has 0 bridgehead atoms. The van der Waals surface area contributed by atoms with Crippen LogP contribution in [0.4, 0.5) is 5.82 Å². The summed E-state index contributed by atoms with van der Waals surface area (Å²) in [5, 5.41) is 17.5. The van der Waals surface area contributed by atoms with Gasteiger partial charge in [0.05, 0.1) is 0 Å². The van der Waals surface area contributed by atoms with Gasteiger partial charge in [0.1, 0.15) is 5.82 Å². The minimum Gasteiger partial charge on any atom is -0.368 e. The van der Waals surface area contributed by atoms with Gasteiger partial charge in [-0.05, 0) is 40.0 Å². The number of rotatable bonds is 2. The molecule has 1 N–H and O–H groups in total. The van der Waals surface area contributed by atoms with Crippen LogP contribution in [0, 0.1) is 25.7 Å². The van der Waals surface area contributed by atoms with E-state index < -0.39 is 5.72 Å². The van der Waals surface area contributed by atoms with Crippen molar-refractivity contribution >= 4 is 11.5 Å². The SMILES string of the molecule is C=C(C)[C@@H]1C[C@H]2C(C)=NN(c3cc(C)nc(C)n3)[C@]2(O)C1. The molecule has 1 saturated carbocycles. The highest BCUT2D eigenvalue weighted by Crippen LogP contribution is 2.49. The average molecular weight is 286 g/mol. The van der Waals surface area contributed by atoms with Gasteiger partial charge in [-0.3, -0.25) is 0 Å². The van der Waals surface area contributed by atoms with Crippen LogP contribution in [-0.2, 0) is 0 Å². The number of anilines is 1. The Labute approximate surface area is 125 Å². The van der Waals surface area contributed by atoms with Crippen LogP contribution in [-0.4, -0.2) is 26.5 Å². The molecular formula is C16H22N4O. The highest BCUT2D eigenvalue weighted by atomic mass is 16.3. The Bertz CT molecular complexity index is 619. The lowest BCUT2D eigenvalue weighted by atomic mass is 9.95. The maximum atomic E-state index is 11.2. The maximum Gasteiger partial charge on any atom is 0.168 e. The lowest BCUT2D eigenvalue weighted by molar-refractivity contribution is 0.0294. The number of hydrazone groups is 1. The summed E-state index contributed by atoms with van der Waals surface area (Å²) in [6.07, 6.45) is 1.55. The first-order valence-corrected chi connectivity index (χ1v) is 7.36. The minimum atomic E-state index is -0.985. The highest BCUT2D eigenvalue weighted by molar-refractivity contribution is 5.90. The van der Waals surface area contributed by atoms with Gasteiger partial charge >= 0.3 is 0 Å². The molecular weight excluding hydrogens is 264 g/mol. The molecule has 1 aromatic heterocycles. The molecule has 0 saturated heterocycles. The lowest BCUT2D eigenvalue weighted by Crippen LogP contribution is -2.46. The fourth-order valence-electron chi connectivity index (χ4n) is 3.55. The normalized spacial score (nSPS) is 31.3. The van der Waals surface area contributed by atoms with E-state index in [2.05, 4.69) is 21.6 Å². The standard InChI is InChI=1S/C16H22N4O/c1-9(2)13-7-14-11(4)19-20(16(14,21)8-13)15-6-10(3)17-12(5)18-15/h6,13-14,21H,1,7-8H2,2-5H3/t13-,14+,16+/m1/s1. The van der Waals surface area contributed by atoms with E-state index in [0.717, 1.165) is 23.4 Å². The van der Waals surface area contributed by atoms with Crippen LogP contribution in [0.25, 0.3) is 0 Å². The van der Waals surface area contributed by atoms with Crippen molar-refractivity contribution in [2.75, 3.05) is 5.01 Å². The predicted molar refractivity (Wildman–Crippen MR) is 83.1 cm³/mol. The van der Waals surface area contributed by atoms with Crippen molar-refractivity contribution in [2.45, 2.75) is 46.3 Å². The fourth-order valence-corrected chi connectivity index (χ4v) is 3.55. The molecule has 1 aliphatic carbocycles. The summed E-state index contributed by atoms with van der Waals surface area (Å²) in [7, 11) is 0. The molecule has 1 aliphatic heterocycles. The molecule has 0 aromatic carbocycles. The van der Waals surface area contributed by atoms with Gasteiger partial charge in [-0.2, -0.15) is 5.10 Å². The van der Waals surface area contributed by atoms with E-state index in [9.17, 15) is 5.11 Å². The number of aryl methyl sites for hydroxylation is 2. The number of aromatic nitrogens is 2. The lowest BCUT2D eigenvalue weighted by Gasteiger charge is -2.32. The van der Waals surface area contributed by atoms with Gasteiger partial charge in [0.2, 0.25) is 0 Å². The summed E-state index contributed by atoms with van der Waals surface area (Å²) < 4.78 is 0. The van der Waals surface area contributed by atoms with Gasteiger partial charge in [-0.1, -0.05) is 12.2 Å². The van der Waals surface area contributed by atoms with Crippen molar-refractivity contribution in [3.05, 3.63) is 29.7 Å². The van der Waals surface area contributed by atoms with Gasteiger partial charge in [0, 0.05) is 29.8 Å². The molecule has 1 fully saturated rings. The zero-order valence-corrected chi connectivity index (χ0v) is 13.1. The number of allylic oxidation sites excluding steroid dienone is 1. The molecule has 0 radical (unpaired) electrons. The summed E-state index contributed by atoms with van der Waals surface area (Å²) in [5.41, 5.74) is 1.99. The molecule has 0 unspecified atom stereocenters. The van der Waals surface area contributed by atoms with Crippen molar-refractivity contribution < 1.29 is 5.11 Å². The van der Waals surface area contributed by atoms with Crippen molar-refractivity contribution in [1.82, 2.24) is 9.97 Å². The van der Waals surface area contributed by atoms with Crippen molar-refractivity contribution in [2.24, 2.45) is 16.9 Å². The molecule has 5 nitrogen and oxygen atoms in total. The second kappa shape index (κ2) is 4.63. The Morgan fingerprint density at radius 2 is 2.10 bits per heavy atom. The minimum absolute atomic E-state index is 0.0507. The van der Waals surface area contributed by atoms with Crippen LogP contribution in [0.15, 0.2) is 23.3 Å². The Balaban J connectivity index is 2.02. The number of hydrogen-bond donors (Lipinski definition) is 1. The third-order valence-electron chi connectivity index (χ3n) is 4.62. The van der Waals surface area contributed by atoms with E-state index in [1.54, 1.807) is 5.01 Å². The first kappa shape index (κ1) is 14.2. The van der Waals surface area contributed by atoms with Crippen LogP contribution < -0.4 is 5.01 Å². The molecule has 1 aromatic rings. The average Bonchev–Trinajstić information content (AvgIpc) is 2.83. The number of aliphatic hydroxyl groups is 1. The van der Waals surface area contributed by atoms with Gasteiger partial charge in [0.15, 0.2) is 11.5 Å². The van der Waals surface area contributed by atoms with Crippen LogP contribution in [0.5, 0.6) is 0 Å². The molecule has 0 amide bonds. The highest BCUT2D eigenvalue weighted by Gasteiger charge is 2.56. The zero-order valence-electron chi connectivity index (χ0n) is 13.1. The molecule has 0 spiro atoms. The van der Waals surface area contributed by atoms with Gasteiger partial charge in [0.25, 0.3) is 0 Å². The molecule has 3 atom stereocenters. The van der Waals surface area contributed by atoms with E-state index in [4.69, 9.17) is 0 Å². The molecule has 2 aliphatic rings. The van der Waals surface area contributed by atoms with E-state index in [1.165, 1.54) is 0 Å². The third-order valence-corrected chi connectivity index (χ3v) is 4.62. The van der Waals surface area contributed by atoms with Crippen LogP contribution in [0.2, 0.25) is 0 Å². The summed E-state index contributed by atoms with van der Waals surface area (Å²) in [4.78, 5) is 8.75. The number of nitrogens with zero attached hydrogens (tertiary/aromatic N) is 4. The monoisotopic (exact) mass is 286 g/mol. The zero-order chi connectivity index (χ0) is 15.4. The van der Waals surface area contributed by atoms with Crippen LogP contribution >= 0.6 is 0 Å². The van der Waals surface area contributed by atoms with E-state index >= 15 is 0 Å². The van der Waals surface area contributed by atoms with Crippen molar-refractivity contribution in [1.29, 1.82) is 0 Å². The number of fused-ring (bicyclic) bond motifs is 1. The van der Waals surface area contributed by atoms with E-state index in [0.29, 0.717) is 24.0 Å². The largest absolute Gasteiger partial charge is 0.368 e. The molecule has 5 heteroatoms. The second-order valence-electron chi connectivity index (χ2n) is 6.38. The molecule has 3 rings (SSSR count). The van der Waals surface area contributed by atoms with Crippen LogP contribution in [0.3, 0.4) is 0 Å². The molecule has 112 valence electrons. The van der Waals surface area contributed by atoms with Gasteiger partial charge in [-0.25, -0.2) is 15.0 Å². The Morgan fingerprint density at radius 3 is 2.71 bits per heavy atom. The first-order chi connectivity index (χ1) is 9.81. The Hall–Kier alpha value is -1.75. The summed E-state index contributed by atoms with van der Waals surface area (Å²) >= 11 is 0. The summed E-state index contributed by atoms with van der Waals surface area (Å²) in [6.45, 7) is 11.9. The molecule has 2 heterocycles. The third kappa shape index (κ3) is 2.16. The second-order valence-corrected chi connectivity index (χ2v) is 6.38. The predicted octanol–water partition coefficient (Wildman–Crippen LogP) is 2.58. The first-order valence-electron chi connectivity index (χ1n) is 7.36. The summed E-state index contributed by atoms with van der Waals surface area (Å²) in [6, 6.07) is 1.87. The fraction of sp³-hybridized carbons (Fsp3) is 0.562. The van der Waals surface area contributed by atoms with E-state index in [1.807, 2.05) is 33.8 Å². The van der Waals surface area contributed by atoms with Crippen molar-refractivity contribution in [3.8, 4) is 0 Å². The summed E-state index contributed by atoms with van der Waals surface area (Å²) in [5.74, 6) is 1.75. The van der Waals surface area contributed by atoms with Gasteiger partial charge in [-0.15, -0.1) is 0 Å². The quantitative estimate of drug-likeness (QED) is 0.849. The van der Waals surface area contributed by atoms with Gasteiger partial charge < -0.3 is 5.11 Å². The van der Waals surface area contributed by atoms with Crippen molar-refractivity contribution in [3.63, 3.8) is 0 Å². The molecule has 21 heavy (non-hydrogen) atoms. The number of hydrogen-bond acceptors (Lipinski definition) is 5. The Kier molecular flexibility index (Phi) is 3.13. The topological polar surface area (TPSA) is 61.6 Å².